The van der Waals surface area contributed by atoms with Crippen LogP contribution in [0.5, 0.6) is 0 Å². The summed E-state index contributed by atoms with van der Waals surface area (Å²) in [6.45, 7) is 1.81. The maximum Gasteiger partial charge on any atom is 0.219 e. The Hall–Kier alpha value is -4.05. The third-order valence-corrected chi connectivity index (χ3v) is 6.16. The molecule has 2 aromatic heterocycles. The fraction of sp³-hybridized carbons (Fsp3) is 0.0690. The van der Waals surface area contributed by atoms with E-state index >= 15 is 4.39 Å². The molecule has 0 atom stereocenters. The summed E-state index contributed by atoms with van der Waals surface area (Å²) < 4.78 is 62.3. The van der Waals surface area contributed by atoms with E-state index in [4.69, 9.17) is 8.53 Å². The van der Waals surface area contributed by atoms with Crippen molar-refractivity contribution in [3.05, 3.63) is 102 Å². The van der Waals surface area contributed by atoms with Crippen molar-refractivity contribution in [3.63, 3.8) is 0 Å². The molecule has 6 rings (SSSR count). The Balaban J connectivity index is 1.76. The van der Waals surface area contributed by atoms with Crippen LogP contribution in [0.4, 0.5) is 8.78 Å². The Morgan fingerprint density at radius 1 is 0.818 bits per heavy atom. The highest BCUT2D eigenvalue weighted by Gasteiger charge is 2.24. The van der Waals surface area contributed by atoms with Gasteiger partial charge in [-0.2, -0.15) is 0 Å². The molecular formula is C29H20F2NO+. The number of rotatable bonds is 2. The van der Waals surface area contributed by atoms with E-state index in [2.05, 4.69) is 0 Å². The van der Waals surface area contributed by atoms with Crippen LogP contribution in [-0.2, 0) is 7.05 Å². The van der Waals surface area contributed by atoms with E-state index in [0.717, 1.165) is 10.8 Å². The predicted molar refractivity (Wildman–Crippen MR) is 128 cm³/mol. The van der Waals surface area contributed by atoms with Crippen LogP contribution in [0.15, 0.2) is 89.4 Å². The lowest BCUT2D eigenvalue weighted by molar-refractivity contribution is -0.660. The second-order valence-corrected chi connectivity index (χ2v) is 8.15. The van der Waals surface area contributed by atoms with Gasteiger partial charge in [-0.15, -0.1) is 0 Å². The number of furan rings is 1. The van der Waals surface area contributed by atoms with Crippen molar-refractivity contribution in [1.82, 2.24) is 0 Å². The van der Waals surface area contributed by atoms with Gasteiger partial charge in [0.2, 0.25) is 5.69 Å². The van der Waals surface area contributed by atoms with E-state index in [1.807, 2.05) is 61.5 Å². The van der Waals surface area contributed by atoms with Crippen LogP contribution < -0.4 is 4.57 Å². The zero-order chi connectivity index (χ0) is 25.3. The number of hydrogen-bond acceptors (Lipinski definition) is 1. The lowest BCUT2D eigenvalue weighted by Crippen LogP contribution is -2.30. The van der Waals surface area contributed by atoms with Gasteiger partial charge in [0.25, 0.3) is 0 Å². The molecule has 0 aliphatic carbocycles. The van der Waals surface area contributed by atoms with Gasteiger partial charge in [-0.3, -0.25) is 0 Å². The number of nitrogens with zero attached hydrogens (tertiary/aromatic N) is 1. The zero-order valence-corrected chi connectivity index (χ0v) is 18.0. The second-order valence-electron chi connectivity index (χ2n) is 8.15. The first kappa shape index (κ1) is 16.6. The van der Waals surface area contributed by atoms with Crippen LogP contribution in [-0.4, -0.2) is 0 Å². The summed E-state index contributed by atoms with van der Waals surface area (Å²) in [6, 6.07) is 19.1. The molecule has 0 spiro atoms. The minimum Gasteiger partial charge on any atom is -0.454 e. The van der Waals surface area contributed by atoms with Gasteiger partial charge in [0, 0.05) is 22.9 Å². The van der Waals surface area contributed by atoms with Gasteiger partial charge in [0.05, 0.1) is 13.9 Å². The minimum absolute atomic E-state index is 0.128. The quantitative estimate of drug-likeness (QED) is 0.256. The number of benzene rings is 4. The van der Waals surface area contributed by atoms with Gasteiger partial charge in [0.15, 0.2) is 6.17 Å². The number of hydrogen-bond donors (Lipinski definition) is 0. The van der Waals surface area contributed by atoms with Gasteiger partial charge in [-0.1, -0.05) is 54.6 Å². The lowest BCUT2D eigenvalue weighted by atomic mass is 9.95. The molecule has 0 aliphatic heterocycles. The molecule has 2 heterocycles. The number of fused-ring (bicyclic) bond motifs is 4. The summed E-state index contributed by atoms with van der Waals surface area (Å²) in [6.07, 6.45) is -0.353. The SMILES string of the molecule is [2H]c1c(F)c([2H])c(-c2c(C)ccc3c2oc2c(-c4cccc5ccccc45)c(F)ccc23)[n+](C)c1[2H]. The van der Waals surface area contributed by atoms with Crippen LogP contribution in [0, 0.1) is 18.6 Å². The Morgan fingerprint density at radius 3 is 2.39 bits per heavy atom. The van der Waals surface area contributed by atoms with Gasteiger partial charge < -0.3 is 4.42 Å². The normalized spacial score (nSPS) is 12.9. The van der Waals surface area contributed by atoms with Crippen molar-refractivity contribution in [2.24, 2.45) is 7.05 Å². The number of aromatic nitrogens is 1. The topological polar surface area (TPSA) is 17.0 Å². The third-order valence-electron chi connectivity index (χ3n) is 6.16. The molecule has 2 nitrogen and oxygen atoms in total. The molecule has 0 amide bonds. The molecule has 0 radical (unpaired) electrons. The summed E-state index contributed by atoms with van der Waals surface area (Å²) in [5, 5.41) is 3.23. The van der Waals surface area contributed by atoms with Crippen LogP contribution in [0.3, 0.4) is 0 Å². The van der Waals surface area contributed by atoms with Crippen molar-refractivity contribution >= 4 is 32.7 Å². The Kier molecular flexibility index (Phi) is 3.63. The van der Waals surface area contributed by atoms with E-state index in [1.54, 1.807) is 6.07 Å². The zero-order valence-electron chi connectivity index (χ0n) is 21.0. The smallest absolute Gasteiger partial charge is 0.219 e. The summed E-state index contributed by atoms with van der Waals surface area (Å²) in [7, 11) is 1.52. The largest absolute Gasteiger partial charge is 0.454 e. The fourth-order valence-corrected chi connectivity index (χ4v) is 4.60. The first-order chi connectivity index (χ1) is 17.3. The molecule has 0 saturated carbocycles. The van der Waals surface area contributed by atoms with Gasteiger partial charge >= 0.3 is 0 Å². The highest BCUT2D eigenvalue weighted by Crippen LogP contribution is 2.43. The molecule has 6 aromatic rings. The molecule has 33 heavy (non-hydrogen) atoms. The van der Waals surface area contributed by atoms with Gasteiger partial charge in [0.1, 0.15) is 31.2 Å². The highest BCUT2D eigenvalue weighted by molar-refractivity contribution is 6.15. The van der Waals surface area contributed by atoms with E-state index in [-0.39, 0.29) is 11.9 Å². The number of pyridine rings is 1. The van der Waals surface area contributed by atoms with Crippen molar-refractivity contribution in [3.8, 4) is 22.4 Å². The maximum atomic E-state index is 15.5. The monoisotopic (exact) mass is 439 g/mol. The highest BCUT2D eigenvalue weighted by atomic mass is 19.1. The van der Waals surface area contributed by atoms with Gasteiger partial charge in [-0.25, -0.2) is 13.3 Å². The molecule has 160 valence electrons. The molecule has 0 aliphatic rings. The molecule has 0 bridgehead atoms. The summed E-state index contributed by atoms with van der Waals surface area (Å²) in [4.78, 5) is 0. The van der Waals surface area contributed by atoms with E-state index in [9.17, 15) is 4.39 Å². The average molecular weight is 439 g/mol. The molecular weight excluding hydrogens is 416 g/mol. The Bertz CT molecular complexity index is 1840. The Morgan fingerprint density at radius 2 is 1.55 bits per heavy atom. The average Bonchev–Trinajstić information content (AvgIpc) is 3.26. The summed E-state index contributed by atoms with van der Waals surface area (Å²) >= 11 is 0. The fourth-order valence-electron chi connectivity index (χ4n) is 4.60. The first-order valence-electron chi connectivity index (χ1n) is 12.1. The third kappa shape index (κ3) is 2.94. The lowest BCUT2D eigenvalue weighted by Gasteiger charge is -2.08. The van der Waals surface area contributed by atoms with Crippen LogP contribution in [0.25, 0.3) is 55.1 Å². The van der Waals surface area contributed by atoms with E-state index < -0.39 is 23.7 Å². The Labute approximate surface area is 193 Å². The van der Waals surface area contributed by atoms with Crippen LogP contribution in [0.1, 0.15) is 9.68 Å². The first-order valence-corrected chi connectivity index (χ1v) is 10.6. The predicted octanol–water partition coefficient (Wildman–Crippen LogP) is 7.48. The molecule has 0 unspecified atom stereocenters. The second kappa shape index (κ2) is 7.24. The van der Waals surface area contributed by atoms with Crippen molar-refractivity contribution < 1.29 is 21.9 Å². The number of halogens is 2. The van der Waals surface area contributed by atoms with Crippen LogP contribution >= 0.6 is 0 Å². The maximum absolute atomic E-state index is 15.5. The van der Waals surface area contributed by atoms with Gasteiger partial charge in [-0.05, 0) is 41.0 Å². The van der Waals surface area contributed by atoms with Crippen LogP contribution in [0.2, 0.25) is 0 Å². The number of aryl methyl sites for hydroxylation is 1. The summed E-state index contributed by atoms with van der Waals surface area (Å²) in [5.41, 5.74) is 3.01. The molecule has 4 aromatic carbocycles. The van der Waals surface area contributed by atoms with E-state index in [0.29, 0.717) is 44.2 Å². The molecule has 0 saturated heterocycles. The molecule has 0 fully saturated rings. The summed E-state index contributed by atoms with van der Waals surface area (Å²) in [5.74, 6) is -1.50. The molecule has 4 heteroatoms. The van der Waals surface area contributed by atoms with E-state index in [1.165, 1.54) is 17.7 Å². The minimum atomic E-state index is -1.07. The molecule has 0 N–H and O–H groups in total. The van der Waals surface area contributed by atoms with Crippen molar-refractivity contribution in [2.45, 2.75) is 6.92 Å². The van der Waals surface area contributed by atoms with Crippen molar-refractivity contribution in [2.75, 3.05) is 0 Å². The van der Waals surface area contributed by atoms with Crippen molar-refractivity contribution in [1.29, 1.82) is 0 Å². The standard InChI is InChI=1S/C29H20F2NO/c1-17-10-11-22-23-12-13-24(31)27(21-9-5-7-18-6-3-4-8-20(18)21)29(23)33-28(22)26(17)25-16-19(30)14-15-32(25)2/h3-16H,1-2H3/q+1/i14D,15D,16D.